The molecule has 0 aliphatic heterocycles. The quantitative estimate of drug-likeness (QED) is 0.607. The summed E-state index contributed by atoms with van der Waals surface area (Å²) in [6.07, 6.45) is 0. The molecular weight excluding hydrogens is 408 g/mol. The molecular formula is C21H17BrN2O3. The number of amides is 2. The van der Waals surface area contributed by atoms with E-state index in [0.29, 0.717) is 28.3 Å². The number of hydrogen-bond acceptors (Lipinski definition) is 3. The van der Waals surface area contributed by atoms with Crippen LogP contribution in [0.15, 0.2) is 77.3 Å². The lowest BCUT2D eigenvalue weighted by Crippen LogP contribution is -2.18. The normalized spacial score (nSPS) is 10.1. The molecule has 0 aromatic heterocycles. The molecule has 3 aromatic rings. The zero-order chi connectivity index (χ0) is 19.2. The van der Waals surface area contributed by atoms with E-state index < -0.39 is 0 Å². The number of halogens is 1. The van der Waals surface area contributed by atoms with Crippen LogP contribution in [0.5, 0.6) is 5.75 Å². The lowest BCUT2D eigenvalue weighted by Gasteiger charge is -2.13. The van der Waals surface area contributed by atoms with Gasteiger partial charge >= 0.3 is 0 Å². The van der Waals surface area contributed by atoms with Gasteiger partial charge in [0.2, 0.25) is 0 Å². The second kappa shape index (κ2) is 8.51. The van der Waals surface area contributed by atoms with Crippen LogP contribution < -0.4 is 15.4 Å². The Kier molecular flexibility index (Phi) is 5.88. The predicted octanol–water partition coefficient (Wildman–Crippen LogP) is 4.96. The third-order valence-electron chi connectivity index (χ3n) is 3.88. The van der Waals surface area contributed by atoms with Gasteiger partial charge in [-0.2, -0.15) is 0 Å². The van der Waals surface area contributed by atoms with Crippen LogP contribution in [0.4, 0.5) is 11.4 Å². The van der Waals surface area contributed by atoms with Crippen molar-refractivity contribution in [3.8, 4) is 5.75 Å². The van der Waals surface area contributed by atoms with Crippen LogP contribution in [-0.4, -0.2) is 18.9 Å². The Morgan fingerprint density at radius 1 is 0.778 bits per heavy atom. The van der Waals surface area contributed by atoms with Gasteiger partial charge in [0.15, 0.2) is 0 Å². The fraction of sp³-hybridized carbons (Fsp3) is 0.0476. The largest absolute Gasteiger partial charge is 0.495 e. The van der Waals surface area contributed by atoms with Crippen molar-refractivity contribution in [1.29, 1.82) is 0 Å². The molecule has 0 radical (unpaired) electrons. The van der Waals surface area contributed by atoms with Crippen molar-refractivity contribution in [1.82, 2.24) is 0 Å². The molecule has 0 aliphatic rings. The van der Waals surface area contributed by atoms with E-state index in [4.69, 9.17) is 4.74 Å². The first kappa shape index (κ1) is 18.7. The lowest BCUT2D eigenvalue weighted by molar-refractivity contribution is 0.102. The molecule has 0 heterocycles. The molecule has 6 heteroatoms. The van der Waals surface area contributed by atoms with Crippen LogP contribution in [0, 0.1) is 0 Å². The van der Waals surface area contributed by atoms with Crippen LogP contribution >= 0.6 is 15.9 Å². The van der Waals surface area contributed by atoms with E-state index >= 15 is 0 Å². The van der Waals surface area contributed by atoms with Crippen molar-refractivity contribution in [2.45, 2.75) is 0 Å². The molecule has 0 saturated carbocycles. The van der Waals surface area contributed by atoms with Crippen LogP contribution in [-0.2, 0) is 0 Å². The van der Waals surface area contributed by atoms with Crippen LogP contribution in [0.2, 0.25) is 0 Å². The highest BCUT2D eigenvalue weighted by molar-refractivity contribution is 9.10. The SMILES string of the molecule is COc1ccccc1NC(=O)c1ccccc1NC(=O)c1ccc(Br)cc1. The molecule has 27 heavy (non-hydrogen) atoms. The molecule has 0 bridgehead atoms. The van der Waals surface area contributed by atoms with Crippen molar-refractivity contribution in [3.63, 3.8) is 0 Å². The Morgan fingerprint density at radius 2 is 1.37 bits per heavy atom. The van der Waals surface area contributed by atoms with Gasteiger partial charge in [-0.1, -0.05) is 40.2 Å². The Bertz CT molecular complexity index is 971. The summed E-state index contributed by atoms with van der Waals surface area (Å²) in [4.78, 5) is 25.2. The van der Waals surface area contributed by atoms with Gasteiger partial charge in [-0.25, -0.2) is 0 Å². The van der Waals surface area contributed by atoms with E-state index in [1.807, 2.05) is 6.07 Å². The van der Waals surface area contributed by atoms with E-state index in [2.05, 4.69) is 26.6 Å². The molecule has 136 valence electrons. The summed E-state index contributed by atoms with van der Waals surface area (Å²) in [5.74, 6) is -0.0755. The number of hydrogen-bond donors (Lipinski definition) is 2. The number of anilines is 2. The Morgan fingerprint density at radius 3 is 2.07 bits per heavy atom. The summed E-state index contributed by atoms with van der Waals surface area (Å²) >= 11 is 3.34. The van der Waals surface area contributed by atoms with Gasteiger partial charge in [-0.15, -0.1) is 0 Å². The van der Waals surface area contributed by atoms with Gasteiger partial charge in [0.25, 0.3) is 11.8 Å². The maximum atomic E-state index is 12.7. The molecule has 0 unspecified atom stereocenters. The zero-order valence-electron chi connectivity index (χ0n) is 14.5. The number of methoxy groups -OCH3 is 1. The van der Waals surface area contributed by atoms with Gasteiger partial charge < -0.3 is 15.4 Å². The molecule has 5 nitrogen and oxygen atoms in total. The Labute approximate surface area is 165 Å². The minimum Gasteiger partial charge on any atom is -0.495 e. The molecule has 0 fully saturated rings. The lowest BCUT2D eigenvalue weighted by atomic mass is 10.1. The first-order valence-corrected chi connectivity index (χ1v) is 8.98. The number of rotatable bonds is 5. The first-order chi connectivity index (χ1) is 13.1. The number of para-hydroxylation sites is 3. The molecule has 0 saturated heterocycles. The zero-order valence-corrected chi connectivity index (χ0v) is 16.1. The predicted molar refractivity (Wildman–Crippen MR) is 109 cm³/mol. The Hall–Kier alpha value is -3.12. The van der Waals surface area contributed by atoms with Crippen LogP contribution in [0.3, 0.4) is 0 Å². The van der Waals surface area contributed by atoms with Gasteiger partial charge in [-0.05, 0) is 48.5 Å². The van der Waals surface area contributed by atoms with Gasteiger partial charge in [-0.3, -0.25) is 9.59 Å². The van der Waals surface area contributed by atoms with E-state index in [9.17, 15) is 9.59 Å². The second-order valence-corrected chi connectivity index (χ2v) is 6.58. The van der Waals surface area contributed by atoms with Crippen LogP contribution in [0.1, 0.15) is 20.7 Å². The summed E-state index contributed by atoms with van der Waals surface area (Å²) in [6, 6.07) is 21.0. The average molecular weight is 425 g/mol. The third kappa shape index (κ3) is 4.54. The fourth-order valence-electron chi connectivity index (χ4n) is 2.52. The first-order valence-electron chi connectivity index (χ1n) is 8.19. The standard InChI is InChI=1S/C21H17BrN2O3/c1-27-19-9-5-4-8-18(19)24-21(26)16-6-2-3-7-17(16)23-20(25)14-10-12-15(22)13-11-14/h2-13H,1H3,(H,23,25)(H,24,26). The molecule has 2 N–H and O–H groups in total. The topological polar surface area (TPSA) is 67.4 Å². The number of carbonyl (C=O) groups is 2. The minimum absolute atomic E-state index is 0.292. The minimum atomic E-state index is -0.341. The van der Waals surface area contributed by atoms with Crippen molar-refractivity contribution in [2.24, 2.45) is 0 Å². The van der Waals surface area contributed by atoms with Gasteiger partial charge in [0.05, 0.1) is 24.0 Å². The van der Waals surface area contributed by atoms with Gasteiger partial charge in [0.1, 0.15) is 5.75 Å². The highest BCUT2D eigenvalue weighted by Crippen LogP contribution is 2.25. The summed E-state index contributed by atoms with van der Waals surface area (Å²) in [5.41, 5.74) is 1.84. The van der Waals surface area contributed by atoms with E-state index in [-0.39, 0.29) is 11.8 Å². The molecule has 3 aromatic carbocycles. The monoisotopic (exact) mass is 424 g/mol. The maximum Gasteiger partial charge on any atom is 0.257 e. The van der Waals surface area contributed by atoms with Crippen molar-refractivity contribution < 1.29 is 14.3 Å². The van der Waals surface area contributed by atoms with Gasteiger partial charge in [0, 0.05) is 10.0 Å². The fourth-order valence-corrected chi connectivity index (χ4v) is 2.79. The highest BCUT2D eigenvalue weighted by atomic mass is 79.9. The molecule has 0 aliphatic carbocycles. The number of ether oxygens (including phenoxy) is 1. The maximum absolute atomic E-state index is 12.7. The van der Waals surface area contributed by atoms with E-state index in [1.165, 1.54) is 7.11 Å². The Balaban J connectivity index is 1.82. The summed E-state index contributed by atoms with van der Waals surface area (Å²) in [5, 5.41) is 5.61. The molecule has 0 atom stereocenters. The van der Waals surface area contributed by atoms with Crippen molar-refractivity contribution in [3.05, 3.63) is 88.4 Å². The molecule has 3 rings (SSSR count). The number of carbonyl (C=O) groups excluding carboxylic acids is 2. The van der Waals surface area contributed by atoms with Crippen molar-refractivity contribution in [2.75, 3.05) is 17.7 Å². The molecule has 2 amide bonds. The summed E-state index contributed by atoms with van der Waals surface area (Å²) < 4.78 is 6.14. The number of benzene rings is 3. The summed E-state index contributed by atoms with van der Waals surface area (Å²) in [7, 11) is 1.54. The van der Waals surface area contributed by atoms with Crippen LogP contribution in [0.25, 0.3) is 0 Å². The summed E-state index contributed by atoms with van der Waals surface area (Å²) in [6.45, 7) is 0. The smallest absolute Gasteiger partial charge is 0.257 e. The van der Waals surface area contributed by atoms with E-state index in [0.717, 1.165) is 4.47 Å². The average Bonchev–Trinajstić information content (AvgIpc) is 2.69. The number of nitrogens with one attached hydrogen (secondary N) is 2. The third-order valence-corrected chi connectivity index (χ3v) is 4.41. The highest BCUT2D eigenvalue weighted by Gasteiger charge is 2.15. The second-order valence-electron chi connectivity index (χ2n) is 5.66. The van der Waals surface area contributed by atoms with E-state index in [1.54, 1.807) is 66.7 Å². The van der Waals surface area contributed by atoms with Crippen molar-refractivity contribution >= 4 is 39.1 Å². The molecule has 0 spiro atoms.